The second-order valence-electron chi connectivity index (χ2n) is 3.89. The number of nitrogens with one attached hydrogen (secondary N) is 1. The molecular weight excluding hydrogens is 202 g/mol. The molecule has 0 saturated heterocycles. The van der Waals surface area contributed by atoms with Crippen molar-refractivity contribution in [1.29, 1.82) is 0 Å². The summed E-state index contributed by atoms with van der Waals surface area (Å²) in [5, 5.41) is 2.98. The van der Waals surface area contributed by atoms with Crippen molar-refractivity contribution in [2.24, 2.45) is 9.98 Å². The van der Waals surface area contributed by atoms with E-state index in [0.29, 0.717) is 11.8 Å². The van der Waals surface area contributed by atoms with Crippen LogP contribution in [0.2, 0.25) is 0 Å². The summed E-state index contributed by atoms with van der Waals surface area (Å²) in [7, 11) is 1.62. The zero-order valence-electron chi connectivity index (χ0n) is 9.78. The van der Waals surface area contributed by atoms with Crippen LogP contribution in [-0.2, 0) is 4.79 Å². The van der Waals surface area contributed by atoms with Crippen LogP contribution in [0.1, 0.15) is 32.1 Å². The number of carbonyl (C=O) groups excluding carboxylic acids is 1. The summed E-state index contributed by atoms with van der Waals surface area (Å²) in [6.45, 7) is 3.48. The molecule has 0 aromatic heterocycles. The van der Waals surface area contributed by atoms with Crippen LogP contribution in [0.25, 0.3) is 0 Å². The predicted octanol–water partition coefficient (Wildman–Crippen LogP) is 1.72. The molecule has 0 bridgehead atoms. The Kier molecular flexibility index (Phi) is 5.46. The first kappa shape index (κ1) is 12.6. The molecule has 4 heteroatoms. The monoisotopic (exact) mass is 221 g/mol. The van der Waals surface area contributed by atoms with Gasteiger partial charge in [0.25, 0.3) is 5.91 Å². The van der Waals surface area contributed by atoms with Crippen LogP contribution in [0.3, 0.4) is 0 Å². The maximum absolute atomic E-state index is 11.8. The van der Waals surface area contributed by atoms with E-state index < -0.39 is 0 Å². The van der Waals surface area contributed by atoms with Crippen LogP contribution in [0.4, 0.5) is 0 Å². The minimum atomic E-state index is -0.155. The van der Waals surface area contributed by atoms with Gasteiger partial charge >= 0.3 is 0 Å². The molecule has 0 aromatic rings. The molecule has 1 aliphatic rings. The van der Waals surface area contributed by atoms with E-state index in [1.165, 1.54) is 31.7 Å². The van der Waals surface area contributed by atoms with Gasteiger partial charge in [-0.15, -0.1) is 0 Å². The predicted molar refractivity (Wildman–Crippen MR) is 67.1 cm³/mol. The van der Waals surface area contributed by atoms with Crippen LogP contribution >= 0.6 is 0 Å². The van der Waals surface area contributed by atoms with Gasteiger partial charge in [-0.2, -0.15) is 0 Å². The molecule has 1 aliphatic carbocycles. The second-order valence-corrected chi connectivity index (χ2v) is 3.89. The normalized spacial score (nSPS) is 18.7. The molecule has 0 aromatic carbocycles. The summed E-state index contributed by atoms with van der Waals surface area (Å²) in [6, 6.07) is 0.293. The maximum Gasteiger partial charge on any atom is 0.271 e. The SMILES string of the molecule is C=C/N=C(\C=N/C)C(=O)NC1CCCCC1. The highest BCUT2D eigenvalue weighted by Crippen LogP contribution is 2.17. The van der Waals surface area contributed by atoms with Crippen molar-refractivity contribution in [3.63, 3.8) is 0 Å². The molecule has 4 nitrogen and oxygen atoms in total. The third-order valence-corrected chi connectivity index (χ3v) is 2.65. The van der Waals surface area contributed by atoms with Gasteiger partial charge in [0, 0.05) is 19.3 Å². The van der Waals surface area contributed by atoms with Gasteiger partial charge in [-0.25, -0.2) is 0 Å². The first-order chi connectivity index (χ1) is 7.77. The van der Waals surface area contributed by atoms with Crippen molar-refractivity contribution in [2.45, 2.75) is 38.1 Å². The highest BCUT2D eigenvalue weighted by atomic mass is 16.1. The lowest BCUT2D eigenvalue weighted by molar-refractivity contribution is -0.115. The number of carbonyl (C=O) groups is 1. The summed E-state index contributed by atoms with van der Waals surface area (Å²) >= 11 is 0. The fraction of sp³-hybridized carbons (Fsp3) is 0.583. The largest absolute Gasteiger partial charge is 0.348 e. The molecule has 0 radical (unpaired) electrons. The van der Waals surface area contributed by atoms with Crippen molar-refractivity contribution in [1.82, 2.24) is 5.32 Å². The maximum atomic E-state index is 11.8. The standard InChI is InChI=1S/C12H19N3O/c1-3-14-11(9-13-2)12(16)15-10-7-5-4-6-8-10/h3,9-10H,1,4-8H2,2H3,(H,15,16)/b13-9-,14-11+. The third kappa shape index (κ3) is 3.96. The molecule has 88 valence electrons. The Labute approximate surface area is 96.6 Å². The van der Waals surface area contributed by atoms with Crippen LogP contribution in [0.15, 0.2) is 22.8 Å². The minimum Gasteiger partial charge on any atom is -0.348 e. The van der Waals surface area contributed by atoms with Gasteiger partial charge < -0.3 is 5.32 Å². The number of hydrogen-bond donors (Lipinski definition) is 1. The quantitative estimate of drug-likeness (QED) is 0.722. The molecule has 1 fully saturated rings. The van der Waals surface area contributed by atoms with E-state index in [4.69, 9.17) is 0 Å². The van der Waals surface area contributed by atoms with E-state index in [9.17, 15) is 4.79 Å². The Morgan fingerprint density at radius 3 is 2.62 bits per heavy atom. The van der Waals surface area contributed by atoms with Gasteiger partial charge in [0.1, 0.15) is 5.71 Å². The molecule has 16 heavy (non-hydrogen) atoms. The fourth-order valence-electron chi connectivity index (χ4n) is 1.88. The average Bonchev–Trinajstić information content (AvgIpc) is 2.30. The molecular formula is C12H19N3O. The van der Waals surface area contributed by atoms with E-state index in [0.717, 1.165) is 12.8 Å². The van der Waals surface area contributed by atoms with Crippen molar-refractivity contribution in [3.8, 4) is 0 Å². The van der Waals surface area contributed by atoms with Crippen molar-refractivity contribution >= 4 is 17.8 Å². The minimum absolute atomic E-state index is 0.155. The molecule has 0 heterocycles. The second kappa shape index (κ2) is 6.93. The van der Waals surface area contributed by atoms with Crippen LogP contribution in [0, 0.1) is 0 Å². The molecule has 0 atom stereocenters. The highest BCUT2D eigenvalue weighted by Gasteiger charge is 2.17. The topological polar surface area (TPSA) is 53.8 Å². The lowest BCUT2D eigenvalue weighted by Crippen LogP contribution is -2.40. The Bertz CT molecular complexity index is 301. The molecule has 1 saturated carbocycles. The highest BCUT2D eigenvalue weighted by molar-refractivity contribution is 6.60. The van der Waals surface area contributed by atoms with Gasteiger partial charge in [-0.3, -0.25) is 14.8 Å². The summed E-state index contributed by atoms with van der Waals surface area (Å²) in [5.74, 6) is -0.155. The molecule has 1 N–H and O–H groups in total. The van der Waals surface area contributed by atoms with E-state index in [2.05, 4.69) is 21.9 Å². The van der Waals surface area contributed by atoms with E-state index in [1.807, 2.05) is 0 Å². The van der Waals surface area contributed by atoms with Crippen LogP contribution < -0.4 is 5.32 Å². The summed E-state index contributed by atoms with van der Waals surface area (Å²) in [6.07, 6.45) is 8.61. The molecule has 0 spiro atoms. The third-order valence-electron chi connectivity index (χ3n) is 2.65. The summed E-state index contributed by atoms with van der Waals surface area (Å²) in [5.41, 5.74) is 0.322. The van der Waals surface area contributed by atoms with Crippen molar-refractivity contribution in [3.05, 3.63) is 12.8 Å². The molecule has 0 unspecified atom stereocenters. The number of aliphatic imine (C=N–C) groups is 2. The zero-order chi connectivity index (χ0) is 11.8. The molecule has 0 aliphatic heterocycles. The van der Waals surface area contributed by atoms with Gasteiger partial charge in [0.15, 0.2) is 0 Å². The first-order valence-electron chi connectivity index (χ1n) is 5.69. The Morgan fingerprint density at radius 2 is 2.06 bits per heavy atom. The Balaban J connectivity index is 2.54. The van der Waals surface area contributed by atoms with Gasteiger partial charge in [0.2, 0.25) is 0 Å². The number of hydrogen-bond acceptors (Lipinski definition) is 3. The Morgan fingerprint density at radius 1 is 1.38 bits per heavy atom. The number of nitrogens with zero attached hydrogens (tertiary/aromatic N) is 2. The van der Waals surface area contributed by atoms with E-state index in [-0.39, 0.29) is 5.91 Å². The van der Waals surface area contributed by atoms with E-state index >= 15 is 0 Å². The fourth-order valence-corrected chi connectivity index (χ4v) is 1.88. The molecule has 1 amide bonds. The molecule has 1 rings (SSSR count). The van der Waals surface area contributed by atoms with Crippen molar-refractivity contribution < 1.29 is 4.79 Å². The zero-order valence-corrected chi connectivity index (χ0v) is 9.78. The van der Waals surface area contributed by atoms with Gasteiger partial charge in [-0.1, -0.05) is 25.8 Å². The summed E-state index contributed by atoms with van der Waals surface area (Å²) < 4.78 is 0. The van der Waals surface area contributed by atoms with E-state index in [1.54, 1.807) is 7.05 Å². The first-order valence-corrected chi connectivity index (χ1v) is 5.69. The summed E-state index contributed by atoms with van der Waals surface area (Å²) in [4.78, 5) is 19.5. The van der Waals surface area contributed by atoms with Crippen LogP contribution in [0.5, 0.6) is 0 Å². The lowest BCUT2D eigenvalue weighted by Gasteiger charge is -2.22. The number of rotatable bonds is 4. The number of amides is 1. The Hall–Kier alpha value is -1.45. The lowest BCUT2D eigenvalue weighted by atomic mass is 9.95. The van der Waals surface area contributed by atoms with Gasteiger partial charge in [-0.05, 0) is 12.8 Å². The van der Waals surface area contributed by atoms with Gasteiger partial charge in [0.05, 0.1) is 6.21 Å². The average molecular weight is 221 g/mol. The van der Waals surface area contributed by atoms with Crippen LogP contribution in [-0.4, -0.2) is 30.9 Å². The van der Waals surface area contributed by atoms with Crippen molar-refractivity contribution in [2.75, 3.05) is 7.05 Å². The smallest absolute Gasteiger partial charge is 0.271 e.